The molecule has 0 spiro atoms. The van der Waals surface area contributed by atoms with Crippen molar-refractivity contribution in [2.45, 2.75) is 38.7 Å². The minimum absolute atomic E-state index is 0.316. The second kappa shape index (κ2) is 10.6. The Morgan fingerprint density at radius 2 is 1.79 bits per heavy atom. The summed E-state index contributed by atoms with van der Waals surface area (Å²) in [6.45, 7) is 2.03. The van der Waals surface area contributed by atoms with Gasteiger partial charge in [0.1, 0.15) is 18.2 Å². The third-order valence-corrected chi connectivity index (χ3v) is 5.75. The average Bonchev–Trinajstić information content (AvgIpc) is 3.74. The summed E-state index contributed by atoms with van der Waals surface area (Å²) in [5.74, 6) is 0.188. The summed E-state index contributed by atoms with van der Waals surface area (Å²) in [4.78, 5) is 11.1. The predicted octanol–water partition coefficient (Wildman–Crippen LogP) is 6.45. The first-order chi connectivity index (χ1) is 16.4. The number of benzene rings is 3. The van der Waals surface area contributed by atoms with E-state index in [0.29, 0.717) is 35.8 Å². The van der Waals surface area contributed by atoms with Crippen LogP contribution >= 0.6 is 0 Å². The normalized spacial score (nSPS) is 16.6. The van der Waals surface area contributed by atoms with Crippen molar-refractivity contribution in [3.05, 3.63) is 77.6 Å². The lowest BCUT2D eigenvalue weighted by Gasteiger charge is -2.27. The molecule has 3 aromatic carbocycles. The van der Waals surface area contributed by atoms with E-state index in [1.165, 1.54) is 25.3 Å². The number of hydrogen-bond acceptors (Lipinski definition) is 4. The molecule has 0 saturated heterocycles. The van der Waals surface area contributed by atoms with Crippen LogP contribution in [0, 0.1) is 11.7 Å². The Hall–Kier alpha value is -3.54. The fourth-order valence-electron chi connectivity index (χ4n) is 3.58. The lowest BCUT2D eigenvalue weighted by molar-refractivity contribution is -0.141. The molecular formula is C28H29FO5. The average molecular weight is 465 g/mol. The van der Waals surface area contributed by atoms with Crippen molar-refractivity contribution < 1.29 is 28.5 Å². The van der Waals surface area contributed by atoms with Crippen LogP contribution in [0.4, 0.5) is 4.39 Å². The molecule has 3 aromatic rings. The van der Waals surface area contributed by atoms with E-state index in [0.717, 1.165) is 16.7 Å². The van der Waals surface area contributed by atoms with Crippen molar-refractivity contribution in [3.63, 3.8) is 0 Å². The number of aliphatic carboxylic acids is 1. The van der Waals surface area contributed by atoms with Gasteiger partial charge in [-0.3, -0.25) is 4.79 Å². The van der Waals surface area contributed by atoms with Crippen LogP contribution in [0.2, 0.25) is 0 Å². The minimum atomic E-state index is -0.833. The van der Waals surface area contributed by atoms with Crippen LogP contribution in [0.25, 0.3) is 11.1 Å². The highest BCUT2D eigenvalue weighted by molar-refractivity contribution is 5.70. The number of methoxy groups -OCH3 is 1. The quantitative estimate of drug-likeness (QED) is 0.454. The highest BCUT2D eigenvalue weighted by Crippen LogP contribution is 2.38. The van der Waals surface area contributed by atoms with Gasteiger partial charge in [-0.25, -0.2) is 4.39 Å². The van der Waals surface area contributed by atoms with Gasteiger partial charge in [0, 0.05) is 5.56 Å². The predicted molar refractivity (Wildman–Crippen MR) is 128 cm³/mol. The maximum Gasteiger partial charge on any atom is 0.306 e. The number of ether oxygens (including phenoxy) is 3. The van der Waals surface area contributed by atoms with Crippen molar-refractivity contribution in [1.82, 2.24) is 0 Å². The molecule has 5 rings (SSSR count). The minimum Gasteiger partial charge on any atom is -0.497 e. The molecule has 2 atom stereocenters. The van der Waals surface area contributed by atoms with Crippen molar-refractivity contribution in [1.29, 1.82) is 0 Å². The molecule has 1 saturated carbocycles. The highest BCUT2D eigenvalue weighted by Gasteiger charge is 2.24. The van der Waals surface area contributed by atoms with Crippen molar-refractivity contribution in [2.75, 3.05) is 13.7 Å². The number of carbonyl (C=O) groups is 1. The molecule has 1 N–H and O–H groups in total. The van der Waals surface area contributed by atoms with Gasteiger partial charge in [-0.1, -0.05) is 56.5 Å². The molecule has 1 aliphatic carbocycles. The van der Waals surface area contributed by atoms with Crippen LogP contribution < -0.4 is 14.2 Å². The van der Waals surface area contributed by atoms with Gasteiger partial charge in [-0.15, -0.1) is 0 Å². The maximum absolute atomic E-state index is 14.3. The molecule has 2 aliphatic rings. The van der Waals surface area contributed by atoms with Crippen LogP contribution in [0.3, 0.4) is 0 Å². The third kappa shape index (κ3) is 5.87. The topological polar surface area (TPSA) is 65.0 Å². The zero-order valence-corrected chi connectivity index (χ0v) is 19.4. The molecule has 0 amide bonds. The van der Waals surface area contributed by atoms with Gasteiger partial charge >= 0.3 is 5.97 Å². The highest BCUT2D eigenvalue weighted by atomic mass is 19.1. The van der Waals surface area contributed by atoms with E-state index in [4.69, 9.17) is 19.3 Å². The van der Waals surface area contributed by atoms with E-state index in [-0.39, 0.29) is 11.9 Å². The smallest absolute Gasteiger partial charge is 0.306 e. The number of rotatable bonds is 6. The second-order valence-electron chi connectivity index (χ2n) is 8.67. The zero-order valence-electron chi connectivity index (χ0n) is 19.4. The Labute approximate surface area is 199 Å². The van der Waals surface area contributed by atoms with E-state index in [1.807, 2.05) is 42.5 Å². The molecule has 34 heavy (non-hydrogen) atoms. The van der Waals surface area contributed by atoms with Crippen molar-refractivity contribution >= 4 is 5.97 Å². The molecule has 5 nitrogen and oxygen atoms in total. The summed E-state index contributed by atoms with van der Waals surface area (Å²) in [6, 6.07) is 17.6. The number of carboxylic acids is 1. The summed E-state index contributed by atoms with van der Waals surface area (Å²) in [5, 5.41) is 9.14. The molecule has 0 bridgehead atoms. The van der Waals surface area contributed by atoms with Crippen LogP contribution in [0.15, 0.2) is 60.7 Å². The molecule has 178 valence electrons. The summed E-state index contributed by atoms with van der Waals surface area (Å²) in [5.41, 5.74) is 2.99. The van der Waals surface area contributed by atoms with Crippen molar-refractivity contribution in [3.8, 4) is 28.4 Å². The monoisotopic (exact) mass is 464 g/mol. The van der Waals surface area contributed by atoms with E-state index in [2.05, 4.69) is 0 Å². The molecule has 0 radical (unpaired) electrons. The van der Waals surface area contributed by atoms with Gasteiger partial charge in [0.05, 0.1) is 13.0 Å². The Bertz CT molecular complexity index is 1140. The van der Waals surface area contributed by atoms with Gasteiger partial charge in [-0.2, -0.15) is 0 Å². The molecule has 1 heterocycles. The SMILES string of the molecule is C1CC1.COc1ccc(F)c(-c2ccc(C3COc4ccc(CC(C)C(=O)O)cc4O3)cc2)c1. The van der Waals surface area contributed by atoms with E-state index in [1.54, 1.807) is 26.2 Å². The van der Waals surface area contributed by atoms with Gasteiger partial charge in [-0.05, 0) is 53.4 Å². The van der Waals surface area contributed by atoms with Crippen LogP contribution in [-0.4, -0.2) is 24.8 Å². The molecule has 1 aliphatic heterocycles. The third-order valence-electron chi connectivity index (χ3n) is 5.75. The van der Waals surface area contributed by atoms with E-state index < -0.39 is 11.9 Å². The zero-order chi connectivity index (χ0) is 24.1. The second-order valence-corrected chi connectivity index (χ2v) is 8.67. The number of carboxylic acid groups (broad SMARTS) is 1. The molecule has 6 heteroatoms. The fraction of sp³-hybridized carbons (Fsp3) is 0.321. The van der Waals surface area contributed by atoms with Crippen molar-refractivity contribution in [2.24, 2.45) is 5.92 Å². The number of fused-ring (bicyclic) bond motifs is 1. The summed E-state index contributed by atoms with van der Waals surface area (Å²) in [6.07, 6.45) is 4.60. The van der Waals surface area contributed by atoms with Gasteiger partial charge in [0.15, 0.2) is 17.6 Å². The molecule has 0 aromatic heterocycles. The van der Waals surface area contributed by atoms with E-state index in [9.17, 15) is 9.18 Å². The Balaban J connectivity index is 0.000000846. The van der Waals surface area contributed by atoms with Gasteiger partial charge < -0.3 is 19.3 Å². The lowest BCUT2D eigenvalue weighted by Crippen LogP contribution is -2.21. The Kier molecular flexibility index (Phi) is 7.36. The first kappa shape index (κ1) is 23.6. The van der Waals surface area contributed by atoms with Gasteiger partial charge in [0.2, 0.25) is 0 Å². The molecular weight excluding hydrogens is 435 g/mol. The standard InChI is InChI=1S/C25H23FO5.C3H6/c1-15(25(27)28)11-16-3-10-22-23(12-16)31-24(14-30-22)18-6-4-17(5-7-18)20-13-19(29-2)8-9-21(20)26;1-2-3-1/h3-10,12-13,15,24H,11,14H2,1-2H3,(H,27,28);1-3H2. The summed E-state index contributed by atoms with van der Waals surface area (Å²) in [7, 11) is 1.55. The molecule has 2 unspecified atom stereocenters. The Morgan fingerprint density at radius 1 is 1.06 bits per heavy atom. The lowest BCUT2D eigenvalue weighted by atomic mass is 10.00. The molecule has 1 fully saturated rings. The summed E-state index contributed by atoms with van der Waals surface area (Å²) >= 11 is 0. The first-order valence-electron chi connectivity index (χ1n) is 11.5. The number of halogens is 1. The van der Waals surface area contributed by atoms with Crippen LogP contribution in [-0.2, 0) is 11.2 Å². The summed E-state index contributed by atoms with van der Waals surface area (Å²) < 4.78 is 31.4. The Morgan fingerprint density at radius 3 is 2.44 bits per heavy atom. The van der Waals surface area contributed by atoms with Crippen LogP contribution in [0.1, 0.15) is 43.4 Å². The van der Waals surface area contributed by atoms with E-state index >= 15 is 0 Å². The van der Waals surface area contributed by atoms with Crippen LogP contribution in [0.5, 0.6) is 17.2 Å². The van der Waals surface area contributed by atoms with Gasteiger partial charge in [0.25, 0.3) is 0 Å². The largest absolute Gasteiger partial charge is 0.497 e. The number of hydrogen-bond donors (Lipinski definition) is 1. The fourth-order valence-corrected chi connectivity index (χ4v) is 3.58. The first-order valence-corrected chi connectivity index (χ1v) is 11.5. The maximum atomic E-state index is 14.3.